The Morgan fingerprint density at radius 1 is 1.35 bits per heavy atom. The summed E-state index contributed by atoms with van der Waals surface area (Å²) in [5.41, 5.74) is 5.14. The molecule has 1 amide bonds. The molecule has 0 aromatic rings. The van der Waals surface area contributed by atoms with E-state index < -0.39 is 10.0 Å². The van der Waals surface area contributed by atoms with E-state index in [9.17, 15) is 13.2 Å². The van der Waals surface area contributed by atoms with E-state index in [0.717, 1.165) is 0 Å². The number of nitrogens with zero attached hydrogens (tertiary/aromatic N) is 1. The van der Waals surface area contributed by atoms with Gasteiger partial charge in [0, 0.05) is 26.1 Å². The number of amides is 1. The summed E-state index contributed by atoms with van der Waals surface area (Å²) in [6, 6.07) is 0. The number of thiocarbonyl (C=S) groups is 1. The number of nitrogens with one attached hydrogen (secondary N) is 1. The van der Waals surface area contributed by atoms with Crippen LogP contribution >= 0.6 is 12.2 Å². The van der Waals surface area contributed by atoms with E-state index in [1.54, 1.807) is 4.90 Å². The quantitative estimate of drug-likeness (QED) is 0.582. The Kier molecular flexibility index (Phi) is 7.24. The lowest BCUT2D eigenvalue weighted by molar-refractivity contribution is -0.130. The Morgan fingerprint density at radius 2 is 1.88 bits per heavy atom. The van der Waals surface area contributed by atoms with Crippen LogP contribution in [0, 0.1) is 0 Å². The lowest BCUT2D eigenvalue weighted by Gasteiger charge is -2.18. The maximum Gasteiger partial charge on any atom is 0.223 e. The third kappa shape index (κ3) is 7.24. The van der Waals surface area contributed by atoms with Crippen molar-refractivity contribution in [1.29, 1.82) is 0 Å². The fourth-order valence-electron chi connectivity index (χ4n) is 1.29. The lowest BCUT2D eigenvalue weighted by Crippen LogP contribution is -2.36. The summed E-state index contributed by atoms with van der Waals surface area (Å²) in [6.07, 6.45) is 0.137. The van der Waals surface area contributed by atoms with E-state index in [2.05, 4.69) is 16.9 Å². The highest BCUT2D eigenvalue weighted by molar-refractivity contribution is 7.92. The van der Waals surface area contributed by atoms with Crippen LogP contribution < -0.4 is 10.5 Å². The maximum absolute atomic E-state index is 11.6. The van der Waals surface area contributed by atoms with Gasteiger partial charge in [-0.1, -0.05) is 12.2 Å². The van der Waals surface area contributed by atoms with Gasteiger partial charge in [-0.3, -0.25) is 4.79 Å². The Bertz CT molecular complexity index is 364. The first kappa shape index (κ1) is 16.3. The molecule has 0 aromatic carbocycles. The number of sulfonamides is 1. The summed E-state index contributed by atoms with van der Waals surface area (Å²) in [6.45, 7) is 5.06. The number of rotatable bonds is 8. The van der Waals surface area contributed by atoms with Crippen LogP contribution in [-0.4, -0.2) is 49.6 Å². The van der Waals surface area contributed by atoms with Crippen LogP contribution in [0.5, 0.6) is 0 Å². The van der Waals surface area contributed by atoms with Crippen LogP contribution in [0.15, 0.2) is 0 Å². The molecule has 17 heavy (non-hydrogen) atoms. The van der Waals surface area contributed by atoms with Crippen molar-refractivity contribution >= 4 is 33.1 Å². The summed E-state index contributed by atoms with van der Waals surface area (Å²) in [4.78, 5) is 13.1. The zero-order valence-electron chi connectivity index (χ0n) is 10.1. The summed E-state index contributed by atoms with van der Waals surface area (Å²) < 4.78 is 24.9. The smallest absolute Gasteiger partial charge is 0.223 e. The molecular formula is C9H19N3O3S2. The Labute approximate surface area is 108 Å². The molecule has 0 aromatic heterocycles. The van der Waals surface area contributed by atoms with E-state index in [1.165, 1.54) is 0 Å². The summed E-state index contributed by atoms with van der Waals surface area (Å²) >= 11 is 4.51. The van der Waals surface area contributed by atoms with Gasteiger partial charge in [0.05, 0.1) is 4.99 Å². The molecule has 0 aliphatic rings. The normalized spacial score (nSPS) is 11.2. The van der Waals surface area contributed by atoms with Crippen LogP contribution in [0.25, 0.3) is 0 Å². The van der Waals surface area contributed by atoms with Gasteiger partial charge in [0.15, 0.2) is 0 Å². The summed E-state index contributed by atoms with van der Waals surface area (Å²) in [5.74, 6) is -0.463. The fourth-order valence-corrected chi connectivity index (χ4v) is 2.64. The molecule has 0 heterocycles. The monoisotopic (exact) mass is 281 g/mol. The van der Waals surface area contributed by atoms with Crippen LogP contribution in [-0.2, 0) is 14.8 Å². The second kappa shape index (κ2) is 7.57. The first-order chi connectivity index (χ1) is 7.82. The van der Waals surface area contributed by atoms with Gasteiger partial charge in [-0.15, -0.1) is 0 Å². The zero-order chi connectivity index (χ0) is 13.5. The third-order valence-corrected chi connectivity index (χ3v) is 3.77. The molecule has 0 unspecified atom stereocenters. The lowest BCUT2D eigenvalue weighted by atomic mass is 10.3. The minimum absolute atomic E-state index is 0.0697. The predicted octanol–water partition coefficient (Wildman–Crippen LogP) is -0.550. The Hall–Kier alpha value is -0.730. The van der Waals surface area contributed by atoms with Gasteiger partial charge in [-0.25, -0.2) is 13.1 Å². The third-order valence-electron chi connectivity index (χ3n) is 2.11. The molecule has 0 bridgehead atoms. The van der Waals surface area contributed by atoms with Crippen molar-refractivity contribution in [1.82, 2.24) is 9.62 Å². The van der Waals surface area contributed by atoms with Gasteiger partial charge < -0.3 is 10.6 Å². The minimum atomic E-state index is -3.50. The predicted molar refractivity (Wildman–Crippen MR) is 71.1 cm³/mol. The maximum atomic E-state index is 11.6. The van der Waals surface area contributed by atoms with E-state index in [4.69, 9.17) is 5.73 Å². The van der Waals surface area contributed by atoms with Crippen LogP contribution in [0.3, 0.4) is 0 Å². The molecule has 0 spiro atoms. The van der Waals surface area contributed by atoms with Gasteiger partial charge in [0.1, 0.15) is 5.75 Å². The van der Waals surface area contributed by atoms with Crippen LogP contribution in [0.1, 0.15) is 20.3 Å². The van der Waals surface area contributed by atoms with Gasteiger partial charge in [-0.05, 0) is 13.8 Å². The molecule has 0 aliphatic heterocycles. The fraction of sp³-hybridized carbons (Fsp3) is 0.778. The molecule has 100 valence electrons. The topological polar surface area (TPSA) is 92.5 Å². The number of carbonyl (C=O) groups excluding carboxylic acids is 1. The van der Waals surface area contributed by atoms with E-state index in [0.29, 0.717) is 13.1 Å². The highest BCUT2D eigenvalue weighted by atomic mass is 32.2. The van der Waals surface area contributed by atoms with Crippen molar-refractivity contribution in [3.05, 3.63) is 0 Å². The Balaban J connectivity index is 4.07. The molecule has 0 saturated heterocycles. The van der Waals surface area contributed by atoms with Crippen LogP contribution in [0.4, 0.5) is 0 Å². The van der Waals surface area contributed by atoms with E-state index in [1.807, 2.05) is 13.8 Å². The molecule has 6 nitrogen and oxygen atoms in total. The number of carbonyl (C=O) groups is 1. The molecular weight excluding hydrogens is 262 g/mol. The van der Waals surface area contributed by atoms with Crippen molar-refractivity contribution in [2.45, 2.75) is 20.3 Å². The SMILES string of the molecule is CCN(CC)C(=O)CCNS(=O)(=O)CC(N)=S. The molecule has 0 radical (unpaired) electrons. The van der Waals surface area contributed by atoms with Gasteiger partial charge in [0.25, 0.3) is 0 Å². The van der Waals surface area contributed by atoms with Crippen molar-refractivity contribution in [3.8, 4) is 0 Å². The van der Waals surface area contributed by atoms with Gasteiger partial charge in [0.2, 0.25) is 15.9 Å². The number of hydrogen-bond acceptors (Lipinski definition) is 4. The van der Waals surface area contributed by atoms with Gasteiger partial charge in [-0.2, -0.15) is 0 Å². The standard InChI is InChI=1S/C9H19N3O3S2/c1-3-12(4-2)9(13)5-6-11-17(14,15)7-8(10)16/h11H,3-7H2,1-2H3,(H2,10,16). The largest absolute Gasteiger partial charge is 0.392 e. The molecule has 0 fully saturated rings. The van der Waals surface area contributed by atoms with E-state index in [-0.39, 0.29) is 29.6 Å². The molecule has 8 heteroatoms. The van der Waals surface area contributed by atoms with Crippen molar-refractivity contribution in [2.75, 3.05) is 25.4 Å². The molecule has 0 rings (SSSR count). The molecule has 0 saturated carbocycles. The van der Waals surface area contributed by atoms with Gasteiger partial charge >= 0.3 is 0 Å². The molecule has 3 N–H and O–H groups in total. The van der Waals surface area contributed by atoms with E-state index >= 15 is 0 Å². The zero-order valence-corrected chi connectivity index (χ0v) is 11.7. The summed E-state index contributed by atoms with van der Waals surface area (Å²) in [7, 11) is -3.50. The number of nitrogens with two attached hydrogens (primary N) is 1. The first-order valence-corrected chi connectivity index (χ1v) is 7.41. The average Bonchev–Trinajstić information content (AvgIpc) is 2.16. The molecule has 0 aliphatic carbocycles. The average molecular weight is 281 g/mol. The second-order valence-corrected chi connectivity index (χ2v) is 5.77. The highest BCUT2D eigenvalue weighted by Gasteiger charge is 2.13. The second-order valence-electron chi connectivity index (χ2n) is 3.44. The summed E-state index contributed by atoms with van der Waals surface area (Å²) in [5, 5.41) is 0. The highest BCUT2D eigenvalue weighted by Crippen LogP contribution is 1.94. The van der Waals surface area contributed by atoms with Crippen molar-refractivity contribution < 1.29 is 13.2 Å². The Morgan fingerprint density at radius 3 is 2.29 bits per heavy atom. The van der Waals surface area contributed by atoms with Crippen molar-refractivity contribution in [3.63, 3.8) is 0 Å². The van der Waals surface area contributed by atoms with Crippen molar-refractivity contribution in [2.24, 2.45) is 5.73 Å². The molecule has 0 atom stereocenters. The number of hydrogen-bond donors (Lipinski definition) is 2. The minimum Gasteiger partial charge on any atom is -0.392 e. The van der Waals surface area contributed by atoms with Crippen LogP contribution in [0.2, 0.25) is 0 Å². The first-order valence-electron chi connectivity index (χ1n) is 5.35.